The number of hydrogen-bond donors (Lipinski definition) is 2. The maximum atomic E-state index is 10.1. The number of aliphatic hydroxyl groups is 1. The number of hydrogen-bond acceptors (Lipinski definition) is 6. The average molecular weight is 316 g/mol. The van der Waals surface area contributed by atoms with E-state index in [-0.39, 0.29) is 12.3 Å². The highest BCUT2D eigenvalue weighted by Gasteiger charge is 2.36. The third kappa shape index (κ3) is 2.88. The molecule has 7 nitrogen and oxygen atoms in total. The molecule has 23 heavy (non-hydrogen) atoms. The Labute approximate surface area is 134 Å². The van der Waals surface area contributed by atoms with Crippen LogP contribution in [0, 0.1) is 11.8 Å². The van der Waals surface area contributed by atoms with Crippen molar-refractivity contribution in [3.63, 3.8) is 0 Å². The smallest absolute Gasteiger partial charge is 0.148 e. The first-order valence-electron chi connectivity index (χ1n) is 7.58. The molecule has 0 saturated carbocycles. The highest BCUT2D eigenvalue weighted by atomic mass is 16.6. The van der Waals surface area contributed by atoms with Crippen LogP contribution in [-0.2, 0) is 9.47 Å². The zero-order valence-corrected chi connectivity index (χ0v) is 13.2. The van der Waals surface area contributed by atoms with E-state index in [0.29, 0.717) is 24.5 Å². The van der Waals surface area contributed by atoms with E-state index >= 15 is 0 Å². The second-order valence-electron chi connectivity index (χ2n) is 5.45. The number of aliphatic hydroxyl groups excluding tert-OH is 1. The fourth-order valence-electron chi connectivity index (χ4n) is 2.81. The molecule has 1 fully saturated rings. The minimum atomic E-state index is -0.582. The van der Waals surface area contributed by atoms with Gasteiger partial charge in [-0.05, 0) is 0 Å². The summed E-state index contributed by atoms with van der Waals surface area (Å²) in [6.45, 7) is 2.33. The summed E-state index contributed by atoms with van der Waals surface area (Å²) < 4.78 is 12.9. The van der Waals surface area contributed by atoms with Crippen molar-refractivity contribution in [2.24, 2.45) is 0 Å². The van der Waals surface area contributed by atoms with Crippen LogP contribution < -0.4 is 5.73 Å². The molecule has 7 heteroatoms. The first-order chi connectivity index (χ1) is 11.2. The molecule has 0 radical (unpaired) electrons. The van der Waals surface area contributed by atoms with Gasteiger partial charge in [0.1, 0.15) is 30.1 Å². The van der Waals surface area contributed by atoms with E-state index in [9.17, 15) is 5.11 Å². The SMILES string of the molecule is CCC#Cc1cn(C2CC(O)C(COC)O2)c2ncnc(N)c12. The number of ether oxygens (including phenoxy) is 2. The summed E-state index contributed by atoms with van der Waals surface area (Å²) in [5, 5.41) is 10.8. The quantitative estimate of drug-likeness (QED) is 0.823. The van der Waals surface area contributed by atoms with Gasteiger partial charge < -0.3 is 24.9 Å². The topological polar surface area (TPSA) is 95.4 Å². The minimum Gasteiger partial charge on any atom is -0.390 e. The standard InChI is InChI=1S/C16H20N4O3/c1-3-4-5-10-7-20(16-14(10)15(17)18-9-19-16)13-6-11(21)12(23-13)8-22-2/h7,9,11-13,21H,3,6,8H2,1-2H3,(H2,17,18,19). The molecule has 1 aliphatic heterocycles. The van der Waals surface area contributed by atoms with Crippen LogP contribution >= 0.6 is 0 Å². The maximum Gasteiger partial charge on any atom is 0.148 e. The van der Waals surface area contributed by atoms with Crippen LogP contribution in [0.25, 0.3) is 11.0 Å². The molecule has 3 rings (SSSR count). The molecular weight excluding hydrogens is 296 g/mol. The maximum absolute atomic E-state index is 10.1. The van der Waals surface area contributed by atoms with Crippen molar-refractivity contribution in [2.45, 2.75) is 38.2 Å². The van der Waals surface area contributed by atoms with Crippen LogP contribution in [0.3, 0.4) is 0 Å². The predicted octanol–water partition coefficient (Wildman–Crippen LogP) is 1.07. The number of anilines is 1. The molecule has 0 aromatic carbocycles. The van der Waals surface area contributed by atoms with Gasteiger partial charge in [0.05, 0.1) is 23.7 Å². The van der Waals surface area contributed by atoms with Gasteiger partial charge in [0.2, 0.25) is 0 Å². The Hall–Kier alpha value is -2.14. The fraction of sp³-hybridized carbons (Fsp3) is 0.500. The molecule has 3 unspecified atom stereocenters. The predicted molar refractivity (Wildman–Crippen MR) is 85.5 cm³/mol. The lowest BCUT2D eigenvalue weighted by molar-refractivity contribution is -0.0521. The van der Waals surface area contributed by atoms with Gasteiger partial charge in [-0.25, -0.2) is 9.97 Å². The van der Waals surface area contributed by atoms with Gasteiger partial charge in [-0.15, -0.1) is 0 Å². The highest BCUT2D eigenvalue weighted by Crippen LogP contribution is 2.34. The van der Waals surface area contributed by atoms with E-state index in [2.05, 4.69) is 21.8 Å². The van der Waals surface area contributed by atoms with Crippen LogP contribution in [0.2, 0.25) is 0 Å². The van der Waals surface area contributed by atoms with Crippen molar-refractivity contribution >= 4 is 16.9 Å². The Morgan fingerprint density at radius 3 is 3.09 bits per heavy atom. The molecule has 2 aromatic rings. The van der Waals surface area contributed by atoms with E-state index in [1.165, 1.54) is 6.33 Å². The van der Waals surface area contributed by atoms with Crippen molar-refractivity contribution < 1.29 is 14.6 Å². The van der Waals surface area contributed by atoms with E-state index in [1.807, 2.05) is 17.7 Å². The van der Waals surface area contributed by atoms with Crippen molar-refractivity contribution in [3.05, 3.63) is 18.1 Å². The van der Waals surface area contributed by atoms with E-state index in [4.69, 9.17) is 15.2 Å². The summed E-state index contributed by atoms with van der Waals surface area (Å²) in [5.74, 6) is 6.53. The molecule has 3 N–H and O–H groups in total. The van der Waals surface area contributed by atoms with Crippen LogP contribution in [0.1, 0.15) is 31.6 Å². The summed E-state index contributed by atoms with van der Waals surface area (Å²) in [7, 11) is 1.58. The Balaban J connectivity index is 2.03. The van der Waals surface area contributed by atoms with Gasteiger partial charge in [-0.3, -0.25) is 0 Å². The summed E-state index contributed by atoms with van der Waals surface area (Å²) in [6.07, 6.45) is 3.22. The Bertz CT molecular complexity index is 762. The van der Waals surface area contributed by atoms with Crippen molar-refractivity contribution in [3.8, 4) is 11.8 Å². The van der Waals surface area contributed by atoms with Gasteiger partial charge in [0.15, 0.2) is 0 Å². The largest absolute Gasteiger partial charge is 0.390 e. The second kappa shape index (κ2) is 6.54. The summed E-state index contributed by atoms with van der Waals surface area (Å²) in [5.41, 5.74) is 7.43. The van der Waals surface area contributed by atoms with Gasteiger partial charge >= 0.3 is 0 Å². The fourth-order valence-corrected chi connectivity index (χ4v) is 2.81. The highest BCUT2D eigenvalue weighted by molar-refractivity contribution is 5.92. The van der Waals surface area contributed by atoms with Crippen LogP contribution in [-0.4, -0.2) is 45.6 Å². The average Bonchev–Trinajstić information content (AvgIpc) is 3.08. The molecule has 0 spiro atoms. The summed E-state index contributed by atoms with van der Waals surface area (Å²) in [4.78, 5) is 8.37. The Kier molecular flexibility index (Phi) is 4.48. The number of nitrogens with zero attached hydrogens (tertiary/aromatic N) is 3. The normalized spacial score (nSPS) is 23.9. The number of nitrogen functional groups attached to an aromatic ring is 1. The molecule has 0 amide bonds. The third-order valence-electron chi connectivity index (χ3n) is 3.88. The summed E-state index contributed by atoms with van der Waals surface area (Å²) >= 11 is 0. The van der Waals surface area contributed by atoms with Gasteiger partial charge in [-0.2, -0.15) is 0 Å². The number of nitrogens with two attached hydrogens (primary N) is 1. The number of fused-ring (bicyclic) bond motifs is 1. The second-order valence-corrected chi connectivity index (χ2v) is 5.45. The molecule has 1 aliphatic rings. The molecule has 0 bridgehead atoms. The van der Waals surface area contributed by atoms with Crippen LogP contribution in [0.5, 0.6) is 0 Å². The lowest BCUT2D eigenvalue weighted by Gasteiger charge is -2.15. The zero-order chi connectivity index (χ0) is 16.4. The Morgan fingerprint density at radius 1 is 1.52 bits per heavy atom. The molecule has 0 aliphatic carbocycles. The monoisotopic (exact) mass is 316 g/mol. The van der Waals surface area contributed by atoms with Crippen molar-refractivity contribution in [2.75, 3.05) is 19.5 Å². The van der Waals surface area contributed by atoms with Gasteiger partial charge in [0.25, 0.3) is 0 Å². The molecule has 3 heterocycles. The molecular formula is C16H20N4O3. The zero-order valence-electron chi connectivity index (χ0n) is 13.2. The lowest BCUT2D eigenvalue weighted by Crippen LogP contribution is -2.25. The third-order valence-corrected chi connectivity index (χ3v) is 3.88. The number of aromatic nitrogens is 3. The Morgan fingerprint density at radius 2 is 2.35 bits per heavy atom. The molecule has 1 saturated heterocycles. The van der Waals surface area contributed by atoms with Crippen molar-refractivity contribution in [1.29, 1.82) is 0 Å². The summed E-state index contributed by atoms with van der Waals surface area (Å²) in [6, 6.07) is 0. The molecule has 3 atom stereocenters. The minimum absolute atomic E-state index is 0.334. The van der Waals surface area contributed by atoms with Crippen molar-refractivity contribution in [1.82, 2.24) is 14.5 Å². The van der Waals surface area contributed by atoms with Crippen LogP contribution in [0.15, 0.2) is 12.5 Å². The van der Waals surface area contributed by atoms with Gasteiger partial charge in [-0.1, -0.05) is 18.8 Å². The lowest BCUT2D eigenvalue weighted by atomic mass is 10.2. The first-order valence-corrected chi connectivity index (χ1v) is 7.58. The number of methoxy groups -OCH3 is 1. The van der Waals surface area contributed by atoms with E-state index < -0.39 is 6.10 Å². The molecule has 122 valence electrons. The first kappa shape index (κ1) is 15.7. The van der Waals surface area contributed by atoms with Gasteiger partial charge in [0, 0.05) is 26.1 Å². The van der Waals surface area contributed by atoms with Crippen LogP contribution in [0.4, 0.5) is 5.82 Å². The van der Waals surface area contributed by atoms with E-state index in [0.717, 1.165) is 17.4 Å². The van der Waals surface area contributed by atoms with E-state index in [1.54, 1.807) is 7.11 Å². The molecule has 2 aromatic heterocycles. The number of rotatable bonds is 3.